The molecule has 6 heteroatoms. The SMILES string of the molecule is O/N=C(/N[C@@H]1C2CCN(CC2)C12CC2)c1ccc(Cl)cc1F. The van der Waals surface area contributed by atoms with Crippen molar-refractivity contribution in [3.8, 4) is 0 Å². The van der Waals surface area contributed by atoms with Crippen molar-refractivity contribution in [2.75, 3.05) is 13.1 Å². The molecule has 0 amide bonds. The van der Waals surface area contributed by atoms with E-state index in [2.05, 4.69) is 15.4 Å². The molecule has 3 saturated heterocycles. The largest absolute Gasteiger partial charge is 0.409 e. The van der Waals surface area contributed by atoms with Gasteiger partial charge in [0.2, 0.25) is 0 Å². The summed E-state index contributed by atoms with van der Waals surface area (Å²) in [5.74, 6) is 0.303. The lowest BCUT2D eigenvalue weighted by atomic mass is 9.76. The number of rotatable bonds is 2. The highest BCUT2D eigenvalue weighted by Crippen LogP contribution is 2.53. The molecule has 3 aliphatic heterocycles. The third-order valence-electron chi connectivity index (χ3n) is 5.56. The second-order valence-electron chi connectivity index (χ2n) is 6.62. The van der Waals surface area contributed by atoms with Gasteiger partial charge in [-0.15, -0.1) is 0 Å². The predicted molar refractivity (Wildman–Crippen MR) is 82.9 cm³/mol. The van der Waals surface area contributed by atoms with Gasteiger partial charge in [0, 0.05) is 16.6 Å². The summed E-state index contributed by atoms with van der Waals surface area (Å²) in [5, 5.41) is 16.4. The molecule has 22 heavy (non-hydrogen) atoms. The maximum atomic E-state index is 14.1. The van der Waals surface area contributed by atoms with E-state index in [4.69, 9.17) is 11.6 Å². The molecule has 1 saturated carbocycles. The Hall–Kier alpha value is -1.33. The van der Waals surface area contributed by atoms with Gasteiger partial charge in [-0.3, -0.25) is 4.90 Å². The highest BCUT2D eigenvalue weighted by atomic mass is 35.5. The highest BCUT2D eigenvalue weighted by molar-refractivity contribution is 6.30. The molecule has 5 rings (SSSR count). The van der Waals surface area contributed by atoms with Gasteiger partial charge in [0.15, 0.2) is 5.84 Å². The molecule has 2 N–H and O–H groups in total. The third-order valence-corrected chi connectivity index (χ3v) is 5.80. The van der Waals surface area contributed by atoms with Crippen LogP contribution in [-0.2, 0) is 0 Å². The molecule has 4 nitrogen and oxygen atoms in total. The van der Waals surface area contributed by atoms with E-state index in [9.17, 15) is 9.60 Å². The Bertz CT molecular complexity index is 624. The van der Waals surface area contributed by atoms with E-state index >= 15 is 0 Å². The zero-order chi connectivity index (χ0) is 15.3. The van der Waals surface area contributed by atoms with Gasteiger partial charge in [-0.25, -0.2) is 4.39 Å². The summed E-state index contributed by atoms with van der Waals surface area (Å²) in [5.41, 5.74) is 0.458. The molecule has 1 atom stereocenters. The van der Waals surface area contributed by atoms with Crippen molar-refractivity contribution >= 4 is 17.4 Å². The predicted octanol–water partition coefficient (Wildman–Crippen LogP) is 2.83. The molecule has 1 aliphatic carbocycles. The third kappa shape index (κ3) is 2.10. The summed E-state index contributed by atoms with van der Waals surface area (Å²) in [6.07, 6.45) is 4.65. The molecule has 3 heterocycles. The Kier molecular flexibility index (Phi) is 3.31. The van der Waals surface area contributed by atoms with Crippen LogP contribution in [0.5, 0.6) is 0 Å². The number of amidine groups is 1. The molecule has 118 valence electrons. The monoisotopic (exact) mass is 323 g/mol. The summed E-state index contributed by atoms with van der Waals surface area (Å²) in [4.78, 5) is 2.55. The van der Waals surface area contributed by atoms with Crippen LogP contribution >= 0.6 is 11.6 Å². The number of nitrogens with one attached hydrogen (secondary N) is 1. The van der Waals surface area contributed by atoms with Crippen LogP contribution in [0.3, 0.4) is 0 Å². The van der Waals surface area contributed by atoms with Gasteiger partial charge in [-0.2, -0.15) is 0 Å². The van der Waals surface area contributed by atoms with Crippen molar-refractivity contribution in [1.29, 1.82) is 0 Å². The Balaban J connectivity index is 1.61. The normalized spacial score (nSPS) is 32.3. The van der Waals surface area contributed by atoms with E-state index in [1.165, 1.54) is 18.9 Å². The van der Waals surface area contributed by atoms with Gasteiger partial charge in [0.05, 0.1) is 5.56 Å². The number of nitrogens with zero attached hydrogens (tertiary/aromatic N) is 2. The first-order valence-corrected chi connectivity index (χ1v) is 8.21. The molecule has 2 bridgehead atoms. The fourth-order valence-corrected chi connectivity index (χ4v) is 4.47. The first-order valence-electron chi connectivity index (χ1n) is 7.83. The lowest BCUT2D eigenvalue weighted by Gasteiger charge is -2.52. The van der Waals surface area contributed by atoms with Gasteiger partial charge < -0.3 is 10.5 Å². The van der Waals surface area contributed by atoms with E-state index in [1.807, 2.05) is 0 Å². The molecular weight excluding hydrogens is 305 g/mol. The average molecular weight is 324 g/mol. The van der Waals surface area contributed by atoms with Gasteiger partial charge in [0.25, 0.3) is 0 Å². The first-order chi connectivity index (χ1) is 10.6. The molecule has 4 aliphatic rings. The van der Waals surface area contributed by atoms with E-state index < -0.39 is 5.82 Å². The Morgan fingerprint density at radius 3 is 2.68 bits per heavy atom. The standard InChI is InChI=1S/C16H19ClFN3O/c17-11-1-2-12(13(18)9-11)15(20-22)19-14-10-3-7-21(8-4-10)16(14)5-6-16/h1-2,9-10,14,22H,3-8H2,(H,19,20)/t14-/m1/s1. The average Bonchev–Trinajstić information content (AvgIpc) is 3.30. The minimum absolute atomic E-state index is 0.194. The second kappa shape index (κ2) is 5.10. The molecule has 0 unspecified atom stereocenters. The van der Waals surface area contributed by atoms with Crippen molar-refractivity contribution in [2.24, 2.45) is 11.1 Å². The van der Waals surface area contributed by atoms with Crippen LogP contribution in [0, 0.1) is 11.7 Å². The first kappa shape index (κ1) is 14.3. The summed E-state index contributed by atoms with van der Waals surface area (Å²) in [7, 11) is 0. The fourth-order valence-electron chi connectivity index (χ4n) is 4.31. The molecule has 1 aromatic carbocycles. The van der Waals surface area contributed by atoms with Crippen LogP contribution in [-0.4, -0.2) is 40.6 Å². The minimum Gasteiger partial charge on any atom is -0.409 e. The fraction of sp³-hybridized carbons (Fsp3) is 0.562. The van der Waals surface area contributed by atoms with E-state index in [1.54, 1.807) is 12.1 Å². The highest BCUT2D eigenvalue weighted by Gasteiger charge is 2.60. The lowest BCUT2D eigenvalue weighted by molar-refractivity contribution is 0.00443. The maximum Gasteiger partial charge on any atom is 0.175 e. The van der Waals surface area contributed by atoms with Crippen LogP contribution in [0.2, 0.25) is 5.02 Å². The zero-order valence-electron chi connectivity index (χ0n) is 12.2. The van der Waals surface area contributed by atoms with Crippen molar-refractivity contribution in [3.05, 3.63) is 34.6 Å². The number of fused-ring (bicyclic) bond motifs is 2. The summed E-state index contributed by atoms with van der Waals surface area (Å²) in [6, 6.07) is 4.64. The van der Waals surface area contributed by atoms with Crippen LogP contribution in [0.25, 0.3) is 0 Å². The maximum absolute atomic E-state index is 14.1. The van der Waals surface area contributed by atoms with Gasteiger partial charge in [-0.05, 0) is 62.9 Å². The number of benzene rings is 1. The van der Waals surface area contributed by atoms with Crippen LogP contribution in [0.4, 0.5) is 4.39 Å². The number of hydrogen-bond donors (Lipinski definition) is 2. The topological polar surface area (TPSA) is 47.9 Å². The Morgan fingerprint density at radius 1 is 1.36 bits per heavy atom. The van der Waals surface area contributed by atoms with Gasteiger partial charge in [-0.1, -0.05) is 16.8 Å². The summed E-state index contributed by atoms with van der Waals surface area (Å²) >= 11 is 5.79. The van der Waals surface area contributed by atoms with E-state index in [0.717, 1.165) is 25.9 Å². The van der Waals surface area contributed by atoms with Crippen molar-refractivity contribution in [3.63, 3.8) is 0 Å². The quantitative estimate of drug-likeness (QED) is 0.381. The Labute approximate surface area is 133 Å². The Morgan fingerprint density at radius 2 is 2.09 bits per heavy atom. The van der Waals surface area contributed by atoms with Crippen molar-refractivity contribution < 1.29 is 9.60 Å². The van der Waals surface area contributed by atoms with Gasteiger partial charge in [0.1, 0.15) is 5.82 Å². The number of hydrogen-bond acceptors (Lipinski definition) is 3. The molecule has 0 radical (unpaired) electrons. The summed E-state index contributed by atoms with van der Waals surface area (Å²) in [6.45, 7) is 2.31. The number of halogens is 2. The molecule has 1 spiro atoms. The smallest absolute Gasteiger partial charge is 0.175 e. The van der Waals surface area contributed by atoms with Crippen LogP contribution in [0.15, 0.2) is 23.4 Å². The number of piperidine rings is 3. The van der Waals surface area contributed by atoms with Crippen LogP contribution in [0.1, 0.15) is 31.2 Å². The van der Waals surface area contributed by atoms with Crippen molar-refractivity contribution in [1.82, 2.24) is 10.2 Å². The molecular formula is C16H19ClFN3O. The molecule has 4 fully saturated rings. The molecule has 1 aromatic rings. The van der Waals surface area contributed by atoms with E-state index in [0.29, 0.717) is 10.9 Å². The molecule has 0 aromatic heterocycles. The summed E-state index contributed by atoms with van der Waals surface area (Å²) < 4.78 is 14.1. The van der Waals surface area contributed by atoms with Gasteiger partial charge >= 0.3 is 0 Å². The van der Waals surface area contributed by atoms with Crippen LogP contribution < -0.4 is 5.32 Å². The zero-order valence-corrected chi connectivity index (χ0v) is 13.0. The van der Waals surface area contributed by atoms with Crippen molar-refractivity contribution in [2.45, 2.75) is 37.3 Å². The van der Waals surface area contributed by atoms with E-state index in [-0.39, 0.29) is 23.0 Å². The number of oxime groups is 1. The minimum atomic E-state index is -0.473. The lowest BCUT2D eigenvalue weighted by Crippen LogP contribution is -2.65. The second-order valence-corrected chi connectivity index (χ2v) is 7.06.